The van der Waals surface area contributed by atoms with Crippen LogP contribution in [0.1, 0.15) is 25.7 Å². The lowest BCUT2D eigenvalue weighted by atomic mass is 9.94. The van der Waals surface area contributed by atoms with Crippen LogP contribution in [0, 0.1) is 5.92 Å². The molecule has 2 rings (SSSR count). The Kier molecular flexibility index (Phi) is 4.81. The summed E-state index contributed by atoms with van der Waals surface area (Å²) in [6.45, 7) is 2.18. The smallest absolute Gasteiger partial charge is 0.305 e. The van der Waals surface area contributed by atoms with E-state index in [1.54, 1.807) is 4.31 Å². The minimum atomic E-state index is -3.24. The van der Waals surface area contributed by atoms with Gasteiger partial charge in [0.25, 0.3) is 0 Å². The molecule has 0 aromatic rings. The maximum atomic E-state index is 12.2. The third-order valence-electron chi connectivity index (χ3n) is 3.97. The molecule has 2 aliphatic rings. The molecular weight excluding hydrogens is 268 g/mol. The van der Waals surface area contributed by atoms with Gasteiger partial charge in [-0.05, 0) is 31.7 Å². The van der Waals surface area contributed by atoms with Crippen molar-refractivity contribution in [3.63, 3.8) is 0 Å². The second kappa shape index (κ2) is 6.19. The first-order valence-electron chi connectivity index (χ1n) is 6.81. The summed E-state index contributed by atoms with van der Waals surface area (Å²) in [5.41, 5.74) is 0. The molecule has 6 nitrogen and oxygen atoms in total. The lowest BCUT2D eigenvalue weighted by Gasteiger charge is -2.24. The summed E-state index contributed by atoms with van der Waals surface area (Å²) in [7, 11) is -1.92. The van der Waals surface area contributed by atoms with E-state index in [9.17, 15) is 13.2 Å². The van der Waals surface area contributed by atoms with Crippen molar-refractivity contribution in [2.24, 2.45) is 5.92 Å². The molecule has 0 spiro atoms. The van der Waals surface area contributed by atoms with Gasteiger partial charge in [0.05, 0.1) is 12.9 Å². The summed E-state index contributed by atoms with van der Waals surface area (Å²) < 4.78 is 30.5. The maximum Gasteiger partial charge on any atom is 0.305 e. The van der Waals surface area contributed by atoms with Gasteiger partial charge in [0.2, 0.25) is 10.0 Å². The molecule has 2 heterocycles. The highest BCUT2D eigenvalue weighted by Gasteiger charge is 2.39. The number of nitrogens with zero attached hydrogens (tertiary/aromatic N) is 1. The van der Waals surface area contributed by atoms with E-state index in [1.807, 2.05) is 0 Å². The van der Waals surface area contributed by atoms with Crippen LogP contribution in [-0.4, -0.2) is 57.2 Å². The van der Waals surface area contributed by atoms with Gasteiger partial charge < -0.3 is 10.1 Å². The molecular formula is C12H22N2O4S. The summed E-state index contributed by atoms with van der Waals surface area (Å²) in [4.78, 5) is 11.0. The number of rotatable bonds is 5. The zero-order valence-electron chi connectivity index (χ0n) is 11.3. The molecule has 7 heteroatoms. The van der Waals surface area contributed by atoms with Crippen molar-refractivity contribution < 1.29 is 17.9 Å². The first-order chi connectivity index (χ1) is 9.03. The molecule has 2 atom stereocenters. The highest BCUT2D eigenvalue weighted by molar-refractivity contribution is 7.89. The first kappa shape index (κ1) is 14.7. The predicted molar refractivity (Wildman–Crippen MR) is 71.1 cm³/mol. The molecule has 2 unspecified atom stereocenters. The largest absolute Gasteiger partial charge is 0.469 e. The third-order valence-corrected chi connectivity index (χ3v) is 5.86. The standard InChI is InChI=1S/C12H22N2O4S/c1-18-12(15)5-3-7-19(16,17)14-8-10-4-2-6-13-11(10)9-14/h10-11,13H,2-9H2,1H3. The van der Waals surface area contributed by atoms with Crippen LogP contribution in [0.4, 0.5) is 0 Å². The Labute approximate surface area is 114 Å². The van der Waals surface area contributed by atoms with Gasteiger partial charge in [-0.15, -0.1) is 0 Å². The Morgan fingerprint density at radius 3 is 2.89 bits per heavy atom. The second-order valence-electron chi connectivity index (χ2n) is 5.28. The number of hydrogen-bond acceptors (Lipinski definition) is 5. The summed E-state index contributed by atoms with van der Waals surface area (Å²) in [6.07, 6.45) is 2.71. The molecule has 0 bridgehead atoms. The van der Waals surface area contributed by atoms with Crippen molar-refractivity contribution in [1.82, 2.24) is 9.62 Å². The second-order valence-corrected chi connectivity index (χ2v) is 7.36. The van der Waals surface area contributed by atoms with E-state index in [2.05, 4.69) is 10.1 Å². The molecule has 0 amide bonds. The van der Waals surface area contributed by atoms with Gasteiger partial charge in [0, 0.05) is 25.6 Å². The number of esters is 1. The fourth-order valence-electron chi connectivity index (χ4n) is 2.86. The van der Waals surface area contributed by atoms with E-state index >= 15 is 0 Å². The zero-order chi connectivity index (χ0) is 13.9. The number of fused-ring (bicyclic) bond motifs is 1. The van der Waals surface area contributed by atoms with Gasteiger partial charge in [-0.2, -0.15) is 0 Å². The van der Waals surface area contributed by atoms with Crippen molar-refractivity contribution in [1.29, 1.82) is 0 Å². The molecule has 2 saturated heterocycles. The number of carbonyl (C=O) groups excluding carboxylic acids is 1. The molecule has 110 valence electrons. The number of carbonyl (C=O) groups is 1. The minimum absolute atomic E-state index is 0.0293. The molecule has 0 aromatic carbocycles. The number of sulfonamides is 1. The maximum absolute atomic E-state index is 12.2. The fraction of sp³-hybridized carbons (Fsp3) is 0.917. The number of methoxy groups -OCH3 is 1. The summed E-state index contributed by atoms with van der Waals surface area (Å²) in [5.74, 6) is 0.123. The third kappa shape index (κ3) is 3.67. The van der Waals surface area contributed by atoms with Crippen LogP contribution in [0.25, 0.3) is 0 Å². The average molecular weight is 290 g/mol. The van der Waals surface area contributed by atoms with Gasteiger partial charge in [0.15, 0.2) is 0 Å². The normalized spacial score (nSPS) is 28.1. The van der Waals surface area contributed by atoms with Crippen LogP contribution in [0.5, 0.6) is 0 Å². The molecule has 0 aliphatic carbocycles. The van der Waals surface area contributed by atoms with Gasteiger partial charge in [-0.25, -0.2) is 12.7 Å². The van der Waals surface area contributed by atoms with E-state index in [0.29, 0.717) is 31.5 Å². The Hall–Kier alpha value is -0.660. The van der Waals surface area contributed by atoms with Crippen LogP contribution in [-0.2, 0) is 19.6 Å². The summed E-state index contributed by atoms with van der Waals surface area (Å²) in [6, 6.07) is 0.309. The molecule has 19 heavy (non-hydrogen) atoms. The van der Waals surface area contributed by atoms with Crippen molar-refractivity contribution >= 4 is 16.0 Å². The molecule has 0 saturated carbocycles. The van der Waals surface area contributed by atoms with Crippen LogP contribution < -0.4 is 5.32 Å². The van der Waals surface area contributed by atoms with Crippen LogP contribution in [0.2, 0.25) is 0 Å². The Balaban J connectivity index is 1.84. The molecule has 0 radical (unpaired) electrons. The lowest BCUT2D eigenvalue weighted by Crippen LogP contribution is -2.41. The van der Waals surface area contributed by atoms with Gasteiger partial charge in [-0.1, -0.05) is 0 Å². The number of hydrogen-bond donors (Lipinski definition) is 1. The lowest BCUT2D eigenvalue weighted by molar-refractivity contribution is -0.140. The van der Waals surface area contributed by atoms with Crippen molar-refractivity contribution in [2.45, 2.75) is 31.7 Å². The first-order valence-corrected chi connectivity index (χ1v) is 8.42. The monoisotopic (exact) mass is 290 g/mol. The number of piperidine rings is 1. The van der Waals surface area contributed by atoms with E-state index < -0.39 is 10.0 Å². The van der Waals surface area contributed by atoms with Crippen molar-refractivity contribution in [3.05, 3.63) is 0 Å². The Morgan fingerprint density at radius 1 is 1.42 bits per heavy atom. The van der Waals surface area contributed by atoms with Crippen LogP contribution >= 0.6 is 0 Å². The minimum Gasteiger partial charge on any atom is -0.469 e. The van der Waals surface area contributed by atoms with Gasteiger partial charge in [-0.3, -0.25) is 4.79 Å². The summed E-state index contributed by atoms with van der Waals surface area (Å²) >= 11 is 0. The fourth-order valence-corrected chi connectivity index (χ4v) is 4.44. The molecule has 0 aromatic heterocycles. The zero-order valence-corrected chi connectivity index (χ0v) is 12.1. The van der Waals surface area contributed by atoms with Crippen molar-refractivity contribution in [3.8, 4) is 0 Å². The van der Waals surface area contributed by atoms with Crippen molar-refractivity contribution in [2.75, 3.05) is 32.5 Å². The highest BCUT2D eigenvalue weighted by atomic mass is 32.2. The molecule has 1 N–H and O–H groups in total. The van der Waals surface area contributed by atoms with E-state index in [4.69, 9.17) is 0 Å². The topological polar surface area (TPSA) is 75.7 Å². The number of ether oxygens (including phenoxy) is 1. The average Bonchev–Trinajstić information content (AvgIpc) is 2.83. The molecule has 2 fully saturated rings. The molecule has 2 aliphatic heterocycles. The van der Waals surface area contributed by atoms with E-state index in [1.165, 1.54) is 7.11 Å². The van der Waals surface area contributed by atoms with Gasteiger partial charge >= 0.3 is 5.97 Å². The Morgan fingerprint density at radius 2 is 2.21 bits per heavy atom. The number of nitrogens with one attached hydrogen (secondary N) is 1. The summed E-state index contributed by atoms with van der Waals surface area (Å²) in [5, 5.41) is 3.39. The van der Waals surface area contributed by atoms with Crippen LogP contribution in [0.3, 0.4) is 0 Å². The SMILES string of the molecule is COC(=O)CCCS(=O)(=O)N1CC2CCCNC2C1. The van der Waals surface area contributed by atoms with Crippen LogP contribution in [0.15, 0.2) is 0 Å². The van der Waals surface area contributed by atoms with Gasteiger partial charge in [0.1, 0.15) is 0 Å². The van der Waals surface area contributed by atoms with E-state index in [0.717, 1.165) is 19.4 Å². The predicted octanol–water partition coefficient (Wildman–Crippen LogP) is -0.0468. The quantitative estimate of drug-likeness (QED) is 0.719. The Bertz CT molecular complexity index is 409. The highest BCUT2D eigenvalue weighted by Crippen LogP contribution is 2.27. The van der Waals surface area contributed by atoms with E-state index in [-0.39, 0.29) is 18.1 Å².